The van der Waals surface area contributed by atoms with Gasteiger partial charge >= 0.3 is 5.97 Å². The van der Waals surface area contributed by atoms with Gasteiger partial charge in [-0.3, -0.25) is 9.59 Å². The summed E-state index contributed by atoms with van der Waals surface area (Å²) >= 11 is 0. The molecule has 1 aromatic rings. The van der Waals surface area contributed by atoms with Gasteiger partial charge in [0, 0.05) is 32.4 Å². The molecular weight excluding hydrogens is 410 g/mol. The van der Waals surface area contributed by atoms with Gasteiger partial charge in [0.25, 0.3) is 0 Å². The second-order valence-electron chi connectivity index (χ2n) is 7.82. The van der Waals surface area contributed by atoms with Gasteiger partial charge in [0.2, 0.25) is 5.91 Å². The van der Waals surface area contributed by atoms with Crippen LogP contribution in [0.5, 0.6) is 5.75 Å². The SMILES string of the molecule is CCOC(=O)CCCOc1ccccc1N(CCCCCC(C)=O)C(=O)CCCCCO. The molecule has 0 unspecified atom stereocenters. The van der Waals surface area contributed by atoms with E-state index in [1.807, 2.05) is 24.3 Å². The number of aliphatic hydroxyl groups is 1. The molecule has 7 nitrogen and oxygen atoms in total. The van der Waals surface area contributed by atoms with Gasteiger partial charge in [0.1, 0.15) is 11.5 Å². The monoisotopic (exact) mass is 449 g/mol. The van der Waals surface area contributed by atoms with E-state index >= 15 is 0 Å². The molecule has 1 amide bonds. The third-order valence-electron chi connectivity index (χ3n) is 5.00. The first-order valence-corrected chi connectivity index (χ1v) is 11.8. The van der Waals surface area contributed by atoms with E-state index < -0.39 is 0 Å². The molecule has 0 aliphatic carbocycles. The Labute approximate surface area is 192 Å². The van der Waals surface area contributed by atoms with Crippen molar-refractivity contribution in [3.8, 4) is 5.75 Å². The Morgan fingerprint density at radius 3 is 2.34 bits per heavy atom. The average Bonchev–Trinajstić information content (AvgIpc) is 2.77. The fourth-order valence-electron chi connectivity index (χ4n) is 3.33. The summed E-state index contributed by atoms with van der Waals surface area (Å²) < 4.78 is 10.9. The molecule has 0 fully saturated rings. The van der Waals surface area contributed by atoms with Gasteiger partial charge in [-0.1, -0.05) is 25.0 Å². The van der Waals surface area contributed by atoms with Crippen LogP contribution in [-0.2, 0) is 19.1 Å². The zero-order valence-electron chi connectivity index (χ0n) is 19.6. The predicted octanol–water partition coefficient (Wildman–Crippen LogP) is 4.44. The van der Waals surface area contributed by atoms with Gasteiger partial charge in [-0.25, -0.2) is 0 Å². The van der Waals surface area contributed by atoms with Crippen LogP contribution in [0, 0.1) is 0 Å². The Morgan fingerprint density at radius 2 is 1.62 bits per heavy atom. The molecule has 0 saturated carbocycles. The number of anilines is 1. The van der Waals surface area contributed by atoms with Gasteiger partial charge in [-0.05, 0) is 58.1 Å². The Hall–Kier alpha value is -2.41. The molecule has 32 heavy (non-hydrogen) atoms. The van der Waals surface area contributed by atoms with Crippen molar-refractivity contribution in [3.63, 3.8) is 0 Å². The van der Waals surface area contributed by atoms with E-state index in [1.54, 1.807) is 18.7 Å². The molecule has 7 heteroatoms. The summed E-state index contributed by atoms with van der Waals surface area (Å²) in [4.78, 5) is 37.5. The van der Waals surface area contributed by atoms with Crippen LogP contribution in [0.15, 0.2) is 24.3 Å². The van der Waals surface area contributed by atoms with Crippen LogP contribution in [0.2, 0.25) is 0 Å². The fourth-order valence-corrected chi connectivity index (χ4v) is 3.33. The molecule has 0 bridgehead atoms. The molecule has 1 aromatic carbocycles. The normalized spacial score (nSPS) is 10.6. The third-order valence-corrected chi connectivity index (χ3v) is 5.00. The number of carbonyl (C=O) groups excluding carboxylic acids is 3. The highest BCUT2D eigenvalue weighted by atomic mass is 16.5. The topological polar surface area (TPSA) is 93.1 Å². The first-order valence-electron chi connectivity index (χ1n) is 11.8. The summed E-state index contributed by atoms with van der Waals surface area (Å²) in [7, 11) is 0. The van der Waals surface area contributed by atoms with E-state index in [2.05, 4.69) is 0 Å². The lowest BCUT2D eigenvalue weighted by Crippen LogP contribution is -2.32. The fraction of sp³-hybridized carbons (Fsp3) is 0.640. The lowest BCUT2D eigenvalue weighted by atomic mass is 10.1. The Balaban J connectivity index is 2.76. The maximum absolute atomic E-state index is 13.0. The number of ketones is 1. The van der Waals surface area contributed by atoms with E-state index in [0.29, 0.717) is 57.6 Å². The van der Waals surface area contributed by atoms with E-state index in [-0.39, 0.29) is 24.3 Å². The van der Waals surface area contributed by atoms with Crippen molar-refractivity contribution in [2.45, 2.75) is 78.1 Å². The van der Waals surface area contributed by atoms with Crippen molar-refractivity contribution < 1.29 is 29.0 Å². The first-order chi connectivity index (χ1) is 15.5. The highest BCUT2D eigenvalue weighted by Gasteiger charge is 2.19. The number of esters is 1. The van der Waals surface area contributed by atoms with E-state index in [9.17, 15) is 14.4 Å². The second kappa shape index (κ2) is 17.2. The number of carbonyl (C=O) groups is 3. The van der Waals surface area contributed by atoms with Gasteiger partial charge in [-0.15, -0.1) is 0 Å². The molecule has 0 aliphatic heterocycles. The van der Waals surface area contributed by atoms with Crippen LogP contribution < -0.4 is 9.64 Å². The Morgan fingerprint density at radius 1 is 0.906 bits per heavy atom. The molecule has 0 heterocycles. The molecule has 1 rings (SSSR count). The molecule has 0 atom stereocenters. The zero-order valence-corrected chi connectivity index (χ0v) is 19.6. The number of para-hydroxylation sites is 2. The maximum atomic E-state index is 13.0. The highest BCUT2D eigenvalue weighted by Crippen LogP contribution is 2.29. The van der Waals surface area contributed by atoms with Crippen molar-refractivity contribution in [1.29, 1.82) is 0 Å². The number of benzene rings is 1. The molecule has 0 aliphatic rings. The molecule has 0 spiro atoms. The highest BCUT2D eigenvalue weighted by molar-refractivity contribution is 5.94. The largest absolute Gasteiger partial charge is 0.491 e. The third kappa shape index (κ3) is 11.8. The van der Waals surface area contributed by atoms with Crippen molar-refractivity contribution >= 4 is 23.3 Å². The van der Waals surface area contributed by atoms with E-state index in [4.69, 9.17) is 14.6 Å². The van der Waals surface area contributed by atoms with Crippen LogP contribution in [0.3, 0.4) is 0 Å². The minimum absolute atomic E-state index is 0.0251. The number of unbranched alkanes of at least 4 members (excludes halogenated alkanes) is 4. The van der Waals surface area contributed by atoms with Gasteiger partial charge in [-0.2, -0.15) is 0 Å². The van der Waals surface area contributed by atoms with Crippen LogP contribution in [0.4, 0.5) is 5.69 Å². The molecule has 0 radical (unpaired) electrons. The van der Waals surface area contributed by atoms with E-state index in [0.717, 1.165) is 37.8 Å². The molecule has 1 N–H and O–H groups in total. The predicted molar refractivity (Wildman–Crippen MR) is 125 cm³/mol. The quantitative estimate of drug-likeness (QED) is 0.263. The molecule has 180 valence electrons. The first kappa shape index (κ1) is 27.6. The maximum Gasteiger partial charge on any atom is 0.305 e. The summed E-state index contributed by atoms with van der Waals surface area (Å²) in [6.07, 6.45) is 6.51. The van der Waals surface area contributed by atoms with Crippen molar-refractivity contribution in [1.82, 2.24) is 0 Å². The minimum atomic E-state index is -0.241. The number of aliphatic hydroxyl groups excluding tert-OH is 1. The van der Waals surface area contributed by atoms with Crippen molar-refractivity contribution in [2.24, 2.45) is 0 Å². The summed E-state index contributed by atoms with van der Waals surface area (Å²) in [5.74, 6) is 0.582. The zero-order chi connectivity index (χ0) is 23.6. The number of nitrogens with zero attached hydrogens (tertiary/aromatic N) is 1. The number of amides is 1. The number of hydrogen-bond acceptors (Lipinski definition) is 6. The van der Waals surface area contributed by atoms with Crippen molar-refractivity contribution in [2.75, 3.05) is 31.3 Å². The summed E-state index contributed by atoms with van der Waals surface area (Å²) in [6.45, 7) is 4.78. The number of Topliss-reactive ketones (excluding diaryl/α,β-unsaturated/α-hetero) is 1. The van der Waals surface area contributed by atoms with Crippen LogP contribution in [-0.4, -0.2) is 49.1 Å². The second-order valence-corrected chi connectivity index (χ2v) is 7.82. The lowest BCUT2D eigenvalue weighted by molar-refractivity contribution is -0.143. The molecule has 0 aromatic heterocycles. The van der Waals surface area contributed by atoms with E-state index in [1.165, 1.54) is 0 Å². The summed E-state index contributed by atoms with van der Waals surface area (Å²) in [5.41, 5.74) is 0.724. The summed E-state index contributed by atoms with van der Waals surface area (Å²) in [5, 5.41) is 8.96. The molecule has 0 saturated heterocycles. The summed E-state index contributed by atoms with van der Waals surface area (Å²) in [6, 6.07) is 7.45. The number of hydrogen-bond donors (Lipinski definition) is 1. The van der Waals surface area contributed by atoms with Crippen molar-refractivity contribution in [3.05, 3.63) is 24.3 Å². The average molecular weight is 450 g/mol. The molecular formula is C25H39NO6. The number of ether oxygens (including phenoxy) is 2. The smallest absolute Gasteiger partial charge is 0.305 e. The number of rotatable bonds is 18. The minimum Gasteiger partial charge on any atom is -0.491 e. The van der Waals surface area contributed by atoms with Gasteiger partial charge in [0.05, 0.1) is 18.9 Å². The standard InChI is InChI=1S/C25H39NO6/c1-3-31-25(30)17-12-20-32-23-15-9-8-14-22(23)26(18-10-4-6-13-21(2)28)24(29)16-7-5-11-19-27/h8-9,14-15,27H,3-7,10-13,16-20H2,1-2H3. The van der Waals surface area contributed by atoms with Crippen LogP contribution >= 0.6 is 0 Å². The lowest BCUT2D eigenvalue weighted by Gasteiger charge is -2.25. The van der Waals surface area contributed by atoms with Crippen LogP contribution in [0.1, 0.15) is 78.1 Å². The van der Waals surface area contributed by atoms with Gasteiger partial charge < -0.3 is 24.3 Å². The van der Waals surface area contributed by atoms with Crippen LogP contribution in [0.25, 0.3) is 0 Å². The van der Waals surface area contributed by atoms with Gasteiger partial charge in [0.15, 0.2) is 0 Å². The Kier molecular flexibility index (Phi) is 14.8. The Bertz CT molecular complexity index is 691.